The fourth-order valence-corrected chi connectivity index (χ4v) is 2.32. The average Bonchev–Trinajstić information content (AvgIpc) is 2.26. The van der Waals surface area contributed by atoms with Gasteiger partial charge >= 0.3 is 0 Å². The molecule has 2 nitrogen and oxygen atoms in total. The summed E-state index contributed by atoms with van der Waals surface area (Å²) in [6.07, 6.45) is 4.29. The first-order chi connectivity index (χ1) is 8.97. The van der Waals surface area contributed by atoms with Gasteiger partial charge < -0.3 is 5.32 Å². The van der Waals surface area contributed by atoms with Gasteiger partial charge in [-0.05, 0) is 35.8 Å². The molecule has 1 aromatic carbocycles. The number of amides is 1. The Morgan fingerprint density at radius 3 is 2.32 bits per heavy atom. The zero-order chi connectivity index (χ0) is 13.9. The summed E-state index contributed by atoms with van der Waals surface area (Å²) < 4.78 is 0. The van der Waals surface area contributed by atoms with Gasteiger partial charge in [-0.25, -0.2) is 0 Å². The molecule has 19 heavy (non-hydrogen) atoms. The topological polar surface area (TPSA) is 29.1 Å². The average molecular weight is 259 g/mol. The summed E-state index contributed by atoms with van der Waals surface area (Å²) >= 11 is 0. The number of hydrogen-bond acceptors (Lipinski definition) is 1. The molecule has 0 spiro atoms. The Bertz CT molecular complexity index is 424. The van der Waals surface area contributed by atoms with Gasteiger partial charge in [-0.15, -0.1) is 0 Å². The van der Waals surface area contributed by atoms with E-state index in [-0.39, 0.29) is 11.3 Å². The minimum absolute atomic E-state index is 0.205. The van der Waals surface area contributed by atoms with Crippen molar-refractivity contribution in [3.63, 3.8) is 0 Å². The van der Waals surface area contributed by atoms with E-state index >= 15 is 0 Å². The molecule has 1 fully saturated rings. The van der Waals surface area contributed by atoms with Crippen LogP contribution in [-0.2, 0) is 16.6 Å². The number of carbonyl (C=O) groups excluding carboxylic acids is 1. The lowest BCUT2D eigenvalue weighted by Crippen LogP contribution is -2.35. The third-order valence-corrected chi connectivity index (χ3v) is 4.01. The quantitative estimate of drug-likeness (QED) is 0.881. The zero-order valence-corrected chi connectivity index (χ0v) is 12.3. The summed E-state index contributed by atoms with van der Waals surface area (Å²) in [6.45, 7) is 7.42. The van der Waals surface area contributed by atoms with Crippen LogP contribution in [0.25, 0.3) is 0 Å². The third-order valence-electron chi connectivity index (χ3n) is 4.01. The first-order valence-corrected chi connectivity index (χ1v) is 7.34. The van der Waals surface area contributed by atoms with Crippen LogP contribution in [0, 0.1) is 5.92 Å². The molecular formula is C17H25NO. The second-order valence-electron chi connectivity index (χ2n) is 6.62. The molecule has 0 aromatic heterocycles. The number of benzene rings is 1. The van der Waals surface area contributed by atoms with Gasteiger partial charge in [0.1, 0.15) is 0 Å². The van der Waals surface area contributed by atoms with E-state index in [9.17, 15) is 4.79 Å². The molecule has 2 rings (SSSR count). The van der Waals surface area contributed by atoms with Gasteiger partial charge in [0.05, 0.1) is 0 Å². The molecular weight excluding hydrogens is 234 g/mol. The Morgan fingerprint density at radius 2 is 1.84 bits per heavy atom. The number of carbonyl (C=O) groups is 1. The van der Waals surface area contributed by atoms with Crippen LogP contribution < -0.4 is 5.32 Å². The smallest absolute Gasteiger partial charge is 0.223 e. The summed E-state index contributed by atoms with van der Waals surface area (Å²) in [5.41, 5.74) is 2.86. The van der Waals surface area contributed by atoms with E-state index in [0.29, 0.717) is 5.92 Å². The molecule has 0 atom stereocenters. The van der Waals surface area contributed by atoms with Crippen LogP contribution in [0.2, 0.25) is 0 Å². The molecule has 2 heteroatoms. The Labute approximate surface area is 116 Å². The lowest BCUT2D eigenvalue weighted by Gasteiger charge is -2.24. The van der Waals surface area contributed by atoms with Crippen molar-refractivity contribution in [2.45, 2.75) is 51.9 Å². The lowest BCUT2D eigenvalue weighted by atomic mass is 9.85. The van der Waals surface area contributed by atoms with Crippen molar-refractivity contribution in [3.8, 4) is 0 Å². The first kappa shape index (κ1) is 14.1. The Morgan fingerprint density at radius 1 is 1.21 bits per heavy atom. The van der Waals surface area contributed by atoms with Crippen molar-refractivity contribution in [2.24, 2.45) is 5.92 Å². The standard InChI is InChI=1S/C17H25NO/c1-17(2,3)15-9-7-13(8-10-15)11-12-18-16(19)14-5-4-6-14/h7-10,14H,4-6,11-12H2,1-3H3,(H,18,19). The summed E-state index contributed by atoms with van der Waals surface area (Å²) in [4.78, 5) is 11.7. The van der Waals surface area contributed by atoms with E-state index in [1.54, 1.807) is 0 Å². The molecule has 0 aliphatic heterocycles. The molecule has 0 bridgehead atoms. The van der Waals surface area contributed by atoms with Gasteiger partial charge in [0.15, 0.2) is 0 Å². The van der Waals surface area contributed by atoms with Crippen LogP contribution in [0.1, 0.15) is 51.2 Å². The van der Waals surface area contributed by atoms with Crippen molar-refractivity contribution < 1.29 is 4.79 Å². The van der Waals surface area contributed by atoms with E-state index in [1.807, 2.05) is 0 Å². The summed E-state index contributed by atoms with van der Waals surface area (Å²) in [6, 6.07) is 8.75. The molecule has 0 saturated heterocycles. The molecule has 1 N–H and O–H groups in total. The highest BCUT2D eigenvalue weighted by Gasteiger charge is 2.24. The maximum Gasteiger partial charge on any atom is 0.223 e. The van der Waals surface area contributed by atoms with Crippen molar-refractivity contribution in [2.75, 3.05) is 6.54 Å². The van der Waals surface area contributed by atoms with E-state index in [1.165, 1.54) is 17.5 Å². The van der Waals surface area contributed by atoms with Gasteiger partial charge in [-0.3, -0.25) is 4.79 Å². The largest absolute Gasteiger partial charge is 0.356 e. The van der Waals surface area contributed by atoms with Crippen LogP contribution in [-0.4, -0.2) is 12.5 Å². The van der Waals surface area contributed by atoms with E-state index in [0.717, 1.165) is 25.8 Å². The SMILES string of the molecule is CC(C)(C)c1ccc(CCNC(=O)C2CCC2)cc1. The van der Waals surface area contributed by atoms with Crippen LogP contribution in [0.5, 0.6) is 0 Å². The predicted octanol–water partition coefficient (Wildman–Crippen LogP) is 3.44. The maximum absolute atomic E-state index is 11.7. The van der Waals surface area contributed by atoms with Crippen LogP contribution in [0.15, 0.2) is 24.3 Å². The van der Waals surface area contributed by atoms with Crippen molar-refractivity contribution in [1.29, 1.82) is 0 Å². The Kier molecular flexibility index (Phi) is 4.28. The van der Waals surface area contributed by atoms with Crippen LogP contribution in [0.4, 0.5) is 0 Å². The molecule has 1 amide bonds. The Hall–Kier alpha value is -1.31. The fourth-order valence-electron chi connectivity index (χ4n) is 2.32. The minimum Gasteiger partial charge on any atom is -0.356 e. The highest BCUT2D eigenvalue weighted by atomic mass is 16.1. The molecule has 1 aliphatic carbocycles. The molecule has 0 radical (unpaired) electrons. The lowest BCUT2D eigenvalue weighted by molar-refractivity contribution is -0.127. The van der Waals surface area contributed by atoms with Gasteiger partial charge in [0.2, 0.25) is 5.91 Å². The van der Waals surface area contributed by atoms with E-state index < -0.39 is 0 Å². The van der Waals surface area contributed by atoms with E-state index in [4.69, 9.17) is 0 Å². The first-order valence-electron chi connectivity index (χ1n) is 7.34. The van der Waals surface area contributed by atoms with Crippen LogP contribution in [0.3, 0.4) is 0 Å². The van der Waals surface area contributed by atoms with Gasteiger partial charge in [-0.1, -0.05) is 51.5 Å². The monoisotopic (exact) mass is 259 g/mol. The van der Waals surface area contributed by atoms with Gasteiger partial charge in [0.25, 0.3) is 0 Å². The van der Waals surface area contributed by atoms with Gasteiger partial charge in [0, 0.05) is 12.5 Å². The molecule has 1 aromatic rings. The highest BCUT2D eigenvalue weighted by Crippen LogP contribution is 2.26. The minimum atomic E-state index is 0.205. The van der Waals surface area contributed by atoms with Gasteiger partial charge in [-0.2, -0.15) is 0 Å². The van der Waals surface area contributed by atoms with Crippen molar-refractivity contribution >= 4 is 5.91 Å². The van der Waals surface area contributed by atoms with Crippen molar-refractivity contribution in [1.82, 2.24) is 5.32 Å². The van der Waals surface area contributed by atoms with Crippen LogP contribution >= 0.6 is 0 Å². The second-order valence-corrected chi connectivity index (χ2v) is 6.62. The highest BCUT2D eigenvalue weighted by molar-refractivity contribution is 5.79. The summed E-state index contributed by atoms with van der Waals surface area (Å²) in [5.74, 6) is 0.542. The summed E-state index contributed by atoms with van der Waals surface area (Å²) in [7, 11) is 0. The predicted molar refractivity (Wildman–Crippen MR) is 79.2 cm³/mol. The third kappa shape index (κ3) is 3.82. The fraction of sp³-hybridized carbons (Fsp3) is 0.588. The summed E-state index contributed by atoms with van der Waals surface area (Å²) in [5, 5.41) is 3.04. The Balaban J connectivity index is 1.78. The zero-order valence-electron chi connectivity index (χ0n) is 12.3. The second kappa shape index (κ2) is 5.77. The number of rotatable bonds is 4. The number of hydrogen-bond donors (Lipinski definition) is 1. The number of nitrogens with one attached hydrogen (secondary N) is 1. The molecule has 1 saturated carbocycles. The molecule has 0 heterocycles. The molecule has 0 unspecified atom stereocenters. The van der Waals surface area contributed by atoms with Crippen molar-refractivity contribution in [3.05, 3.63) is 35.4 Å². The normalized spacial score (nSPS) is 15.9. The molecule has 1 aliphatic rings. The maximum atomic E-state index is 11.7. The molecule has 104 valence electrons. The van der Waals surface area contributed by atoms with E-state index in [2.05, 4.69) is 50.4 Å².